The first-order valence-electron chi connectivity index (χ1n) is 7.35. The number of nitrogens with one attached hydrogen (secondary N) is 1. The molecule has 3 nitrogen and oxygen atoms in total. The molecular weight excluding hydrogens is 236 g/mol. The molecule has 3 atom stereocenters. The van der Waals surface area contributed by atoms with E-state index in [9.17, 15) is 5.11 Å². The van der Waals surface area contributed by atoms with Crippen molar-refractivity contribution in [3.8, 4) is 5.75 Å². The minimum Gasteiger partial charge on any atom is -0.508 e. The Morgan fingerprint density at radius 3 is 2.68 bits per heavy atom. The SMILES string of the molecule is CCC(C)C1CN(Cc2ccc(O)cc2)C(C)CN1. The first-order chi connectivity index (χ1) is 9.10. The van der Waals surface area contributed by atoms with E-state index >= 15 is 0 Å². The molecule has 0 radical (unpaired) electrons. The Kier molecular flexibility index (Phi) is 4.83. The maximum Gasteiger partial charge on any atom is 0.115 e. The first-order valence-corrected chi connectivity index (χ1v) is 7.35. The second-order valence-corrected chi connectivity index (χ2v) is 5.85. The van der Waals surface area contributed by atoms with Gasteiger partial charge in [0.05, 0.1) is 0 Å². The van der Waals surface area contributed by atoms with Crippen LogP contribution in [-0.2, 0) is 6.54 Å². The Balaban J connectivity index is 1.99. The molecule has 1 saturated heterocycles. The lowest BCUT2D eigenvalue weighted by Crippen LogP contribution is -2.56. The van der Waals surface area contributed by atoms with Crippen molar-refractivity contribution in [3.63, 3.8) is 0 Å². The van der Waals surface area contributed by atoms with E-state index in [-0.39, 0.29) is 0 Å². The van der Waals surface area contributed by atoms with Crippen molar-refractivity contribution in [1.29, 1.82) is 0 Å². The lowest BCUT2D eigenvalue weighted by atomic mass is 9.95. The molecule has 1 aromatic carbocycles. The van der Waals surface area contributed by atoms with Crippen LogP contribution >= 0.6 is 0 Å². The number of hydrogen-bond donors (Lipinski definition) is 2. The minimum atomic E-state index is 0.342. The number of piperazine rings is 1. The van der Waals surface area contributed by atoms with E-state index in [1.165, 1.54) is 12.0 Å². The normalized spacial score (nSPS) is 26.3. The molecule has 0 saturated carbocycles. The van der Waals surface area contributed by atoms with Crippen LogP contribution in [0.15, 0.2) is 24.3 Å². The van der Waals surface area contributed by atoms with Crippen molar-refractivity contribution in [2.45, 2.75) is 45.8 Å². The van der Waals surface area contributed by atoms with Gasteiger partial charge in [-0.2, -0.15) is 0 Å². The molecule has 3 unspecified atom stereocenters. The Hall–Kier alpha value is -1.06. The van der Waals surface area contributed by atoms with Crippen LogP contribution in [0.4, 0.5) is 0 Å². The van der Waals surface area contributed by atoms with Gasteiger partial charge >= 0.3 is 0 Å². The van der Waals surface area contributed by atoms with Crippen LogP contribution in [0.1, 0.15) is 32.8 Å². The third-order valence-corrected chi connectivity index (χ3v) is 4.38. The molecule has 106 valence electrons. The fraction of sp³-hybridized carbons (Fsp3) is 0.625. The summed E-state index contributed by atoms with van der Waals surface area (Å²) < 4.78 is 0. The van der Waals surface area contributed by atoms with Crippen LogP contribution in [0.2, 0.25) is 0 Å². The maximum absolute atomic E-state index is 9.34. The first kappa shape index (κ1) is 14.4. The average Bonchev–Trinajstić information content (AvgIpc) is 2.43. The second-order valence-electron chi connectivity index (χ2n) is 5.85. The summed E-state index contributed by atoms with van der Waals surface area (Å²) in [7, 11) is 0. The molecule has 19 heavy (non-hydrogen) atoms. The van der Waals surface area contributed by atoms with Crippen molar-refractivity contribution in [2.75, 3.05) is 13.1 Å². The van der Waals surface area contributed by atoms with Gasteiger partial charge < -0.3 is 10.4 Å². The summed E-state index contributed by atoms with van der Waals surface area (Å²) in [5.41, 5.74) is 1.27. The summed E-state index contributed by atoms with van der Waals surface area (Å²) in [6.07, 6.45) is 1.22. The third kappa shape index (κ3) is 3.71. The van der Waals surface area contributed by atoms with Gasteiger partial charge in [-0.15, -0.1) is 0 Å². The summed E-state index contributed by atoms with van der Waals surface area (Å²) in [5, 5.41) is 13.0. The Labute approximate surface area is 116 Å². The summed E-state index contributed by atoms with van der Waals surface area (Å²) in [6, 6.07) is 8.74. The topological polar surface area (TPSA) is 35.5 Å². The summed E-state index contributed by atoms with van der Waals surface area (Å²) in [5.74, 6) is 1.06. The largest absolute Gasteiger partial charge is 0.508 e. The van der Waals surface area contributed by atoms with Crippen LogP contribution in [0.3, 0.4) is 0 Å². The number of rotatable bonds is 4. The Morgan fingerprint density at radius 1 is 1.37 bits per heavy atom. The molecule has 2 rings (SSSR count). The van der Waals surface area contributed by atoms with E-state index in [2.05, 4.69) is 31.0 Å². The van der Waals surface area contributed by atoms with Gasteiger partial charge in [-0.25, -0.2) is 0 Å². The van der Waals surface area contributed by atoms with Gasteiger partial charge in [-0.3, -0.25) is 4.90 Å². The number of benzene rings is 1. The van der Waals surface area contributed by atoms with Gasteiger partial charge in [0.15, 0.2) is 0 Å². The van der Waals surface area contributed by atoms with E-state index < -0.39 is 0 Å². The molecule has 0 aromatic heterocycles. The van der Waals surface area contributed by atoms with Crippen LogP contribution in [0, 0.1) is 5.92 Å². The predicted molar refractivity (Wildman–Crippen MR) is 79.2 cm³/mol. The average molecular weight is 262 g/mol. The third-order valence-electron chi connectivity index (χ3n) is 4.38. The Bertz CT molecular complexity index is 390. The molecule has 3 heteroatoms. The maximum atomic E-state index is 9.34. The number of phenols is 1. The van der Waals surface area contributed by atoms with Gasteiger partial charge in [0.1, 0.15) is 5.75 Å². The van der Waals surface area contributed by atoms with E-state index in [0.29, 0.717) is 17.8 Å². The van der Waals surface area contributed by atoms with E-state index in [0.717, 1.165) is 25.6 Å². The van der Waals surface area contributed by atoms with Crippen LogP contribution in [0.25, 0.3) is 0 Å². The van der Waals surface area contributed by atoms with Crippen molar-refractivity contribution >= 4 is 0 Å². The molecule has 0 aliphatic carbocycles. The highest BCUT2D eigenvalue weighted by Gasteiger charge is 2.27. The zero-order valence-corrected chi connectivity index (χ0v) is 12.3. The van der Waals surface area contributed by atoms with Gasteiger partial charge in [0.25, 0.3) is 0 Å². The van der Waals surface area contributed by atoms with E-state index in [4.69, 9.17) is 0 Å². The van der Waals surface area contributed by atoms with E-state index in [1.54, 1.807) is 12.1 Å². The highest BCUT2D eigenvalue weighted by atomic mass is 16.3. The quantitative estimate of drug-likeness (QED) is 0.875. The zero-order chi connectivity index (χ0) is 13.8. The molecule has 1 fully saturated rings. The fourth-order valence-corrected chi connectivity index (χ4v) is 2.67. The lowest BCUT2D eigenvalue weighted by molar-refractivity contribution is 0.112. The van der Waals surface area contributed by atoms with Crippen molar-refractivity contribution in [2.24, 2.45) is 5.92 Å². The number of nitrogens with zero attached hydrogens (tertiary/aromatic N) is 1. The smallest absolute Gasteiger partial charge is 0.115 e. The second kappa shape index (κ2) is 6.40. The number of hydrogen-bond acceptors (Lipinski definition) is 3. The molecule has 0 spiro atoms. The predicted octanol–water partition coefficient (Wildman–Crippen LogP) is 2.60. The van der Waals surface area contributed by atoms with Crippen molar-refractivity contribution < 1.29 is 5.11 Å². The summed E-state index contributed by atoms with van der Waals surface area (Å²) in [4.78, 5) is 2.54. The Morgan fingerprint density at radius 2 is 2.05 bits per heavy atom. The standard InChI is InChI=1S/C16H26N2O/c1-4-12(2)16-11-18(13(3)9-17-16)10-14-5-7-15(19)8-6-14/h5-8,12-13,16-17,19H,4,9-11H2,1-3H3. The number of aromatic hydroxyl groups is 1. The minimum absolute atomic E-state index is 0.342. The fourth-order valence-electron chi connectivity index (χ4n) is 2.67. The molecule has 0 amide bonds. The monoisotopic (exact) mass is 262 g/mol. The van der Waals surface area contributed by atoms with Crippen LogP contribution in [-0.4, -0.2) is 35.2 Å². The van der Waals surface area contributed by atoms with Gasteiger partial charge in [-0.05, 0) is 30.5 Å². The van der Waals surface area contributed by atoms with Crippen molar-refractivity contribution in [3.05, 3.63) is 29.8 Å². The molecule has 1 aliphatic rings. The highest BCUT2D eigenvalue weighted by Crippen LogP contribution is 2.19. The number of phenolic OH excluding ortho intramolecular Hbond substituents is 1. The van der Waals surface area contributed by atoms with Gasteiger partial charge in [-0.1, -0.05) is 32.4 Å². The molecule has 1 aromatic rings. The summed E-state index contributed by atoms with van der Waals surface area (Å²) >= 11 is 0. The van der Waals surface area contributed by atoms with Gasteiger partial charge in [0.2, 0.25) is 0 Å². The van der Waals surface area contributed by atoms with E-state index in [1.807, 2.05) is 12.1 Å². The molecule has 1 heterocycles. The molecule has 1 aliphatic heterocycles. The lowest BCUT2D eigenvalue weighted by Gasteiger charge is -2.41. The van der Waals surface area contributed by atoms with Crippen molar-refractivity contribution in [1.82, 2.24) is 10.2 Å². The van der Waals surface area contributed by atoms with Crippen LogP contribution in [0.5, 0.6) is 5.75 Å². The zero-order valence-electron chi connectivity index (χ0n) is 12.3. The van der Waals surface area contributed by atoms with Crippen LogP contribution < -0.4 is 5.32 Å². The molecular formula is C16H26N2O. The highest BCUT2D eigenvalue weighted by molar-refractivity contribution is 5.25. The summed E-state index contributed by atoms with van der Waals surface area (Å²) in [6.45, 7) is 10.0. The molecule has 2 N–H and O–H groups in total. The molecule has 0 bridgehead atoms. The van der Waals surface area contributed by atoms with Gasteiger partial charge in [0, 0.05) is 31.7 Å².